The van der Waals surface area contributed by atoms with Crippen LogP contribution in [0.25, 0.3) is 5.69 Å². The minimum Gasteiger partial charge on any atom is -0.241 e. The van der Waals surface area contributed by atoms with Gasteiger partial charge < -0.3 is 0 Å². The Balaban J connectivity index is 2.52. The summed E-state index contributed by atoms with van der Waals surface area (Å²) in [6.07, 6.45) is -2.80. The van der Waals surface area contributed by atoms with Crippen LogP contribution >= 0.6 is 11.6 Å². The normalized spacial score (nSPS) is 11.8. The molecular weight excluding hydrogens is 265 g/mol. The van der Waals surface area contributed by atoms with Crippen molar-refractivity contribution in [2.24, 2.45) is 0 Å². The van der Waals surface area contributed by atoms with E-state index in [4.69, 9.17) is 11.6 Å². The van der Waals surface area contributed by atoms with Gasteiger partial charge in [-0.05, 0) is 30.7 Å². The van der Waals surface area contributed by atoms with Gasteiger partial charge >= 0.3 is 6.18 Å². The number of aromatic nitrogens is 2. The summed E-state index contributed by atoms with van der Waals surface area (Å²) in [4.78, 5) is 0. The van der Waals surface area contributed by atoms with Gasteiger partial charge in [0.25, 0.3) is 0 Å². The van der Waals surface area contributed by atoms with Crippen molar-refractivity contribution in [3.8, 4) is 5.69 Å². The third-order valence-electron chi connectivity index (χ3n) is 2.53. The van der Waals surface area contributed by atoms with Gasteiger partial charge in [0.05, 0.1) is 16.9 Å². The monoisotopic (exact) mass is 274 g/mol. The third kappa shape index (κ3) is 2.51. The number of nitrogens with zero attached hydrogens (tertiary/aromatic N) is 2. The second-order valence-corrected chi connectivity index (χ2v) is 4.14. The van der Waals surface area contributed by atoms with Crippen LogP contribution < -0.4 is 0 Å². The molecule has 0 bridgehead atoms. The summed E-state index contributed by atoms with van der Waals surface area (Å²) >= 11 is 5.52. The fourth-order valence-corrected chi connectivity index (χ4v) is 1.88. The van der Waals surface area contributed by atoms with E-state index >= 15 is 0 Å². The predicted octanol–water partition coefficient (Wildman–Crippen LogP) is 3.94. The molecule has 18 heavy (non-hydrogen) atoms. The molecule has 0 aliphatic carbocycles. The minimum absolute atomic E-state index is 0.0665. The van der Waals surface area contributed by atoms with Gasteiger partial charge in [-0.1, -0.05) is 6.07 Å². The summed E-state index contributed by atoms with van der Waals surface area (Å²) < 4.78 is 39.9. The van der Waals surface area contributed by atoms with Gasteiger partial charge in [0.15, 0.2) is 0 Å². The SMILES string of the molecule is Cc1ccn(-c2ccc(CCl)c(C(F)(F)F)c2)n1. The van der Waals surface area contributed by atoms with E-state index in [1.165, 1.54) is 10.7 Å². The summed E-state index contributed by atoms with van der Waals surface area (Å²) in [5.41, 5.74) is 0.453. The third-order valence-corrected chi connectivity index (χ3v) is 2.82. The van der Waals surface area contributed by atoms with Crippen LogP contribution in [0.3, 0.4) is 0 Å². The Labute approximate surface area is 107 Å². The number of rotatable bonds is 2. The van der Waals surface area contributed by atoms with Gasteiger partial charge in [0.1, 0.15) is 0 Å². The lowest BCUT2D eigenvalue weighted by Crippen LogP contribution is -2.10. The zero-order chi connectivity index (χ0) is 13.3. The molecule has 6 heteroatoms. The first kappa shape index (κ1) is 13.0. The molecule has 1 aromatic carbocycles. The molecule has 96 valence electrons. The maximum Gasteiger partial charge on any atom is 0.416 e. The van der Waals surface area contributed by atoms with Crippen LogP contribution in [0.5, 0.6) is 0 Å². The average molecular weight is 275 g/mol. The van der Waals surface area contributed by atoms with E-state index in [9.17, 15) is 13.2 Å². The minimum atomic E-state index is -4.41. The van der Waals surface area contributed by atoms with E-state index in [1.54, 1.807) is 25.3 Å². The highest BCUT2D eigenvalue weighted by molar-refractivity contribution is 6.17. The van der Waals surface area contributed by atoms with Crippen LogP contribution in [0.4, 0.5) is 13.2 Å². The van der Waals surface area contributed by atoms with E-state index < -0.39 is 11.7 Å². The highest BCUT2D eigenvalue weighted by Crippen LogP contribution is 2.34. The summed E-state index contributed by atoms with van der Waals surface area (Å²) in [7, 11) is 0. The number of aryl methyl sites for hydroxylation is 1. The van der Waals surface area contributed by atoms with E-state index in [0.717, 1.165) is 11.8 Å². The van der Waals surface area contributed by atoms with Gasteiger partial charge in [-0.25, -0.2) is 4.68 Å². The average Bonchev–Trinajstić information content (AvgIpc) is 2.74. The maximum absolute atomic E-state index is 12.8. The second-order valence-electron chi connectivity index (χ2n) is 3.87. The van der Waals surface area contributed by atoms with Gasteiger partial charge in [-0.15, -0.1) is 11.6 Å². The Bertz CT molecular complexity index is 561. The Morgan fingerprint density at radius 2 is 2.00 bits per heavy atom. The summed E-state index contributed by atoms with van der Waals surface area (Å²) in [6, 6.07) is 5.73. The van der Waals surface area contributed by atoms with Crippen LogP contribution in [0.1, 0.15) is 16.8 Å². The van der Waals surface area contributed by atoms with Crippen LogP contribution in [-0.2, 0) is 12.1 Å². The van der Waals surface area contributed by atoms with Crippen LogP contribution in [0.2, 0.25) is 0 Å². The molecule has 0 radical (unpaired) electrons. The van der Waals surface area contributed by atoms with Crippen molar-refractivity contribution in [1.29, 1.82) is 0 Å². The fourth-order valence-electron chi connectivity index (χ4n) is 1.65. The quantitative estimate of drug-likeness (QED) is 0.759. The number of alkyl halides is 4. The highest BCUT2D eigenvalue weighted by atomic mass is 35.5. The maximum atomic E-state index is 12.8. The summed E-state index contributed by atoms with van der Waals surface area (Å²) in [6.45, 7) is 1.77. The first-order chi connectivity index (χ1) is 8.41. The van der Waals surface area contributed by atoms with Gasteiger partial charge in [-0.2, -0.15) is 18.3 Å². The van der Waals surface area contributed by atoms with Crippen LogP contribution in [0, 0.1) is 6.92 Å². The number of hydrogen-bond acceptors (Lipinski definition) is 1. The van der Waals surface area contributed by atoms with Gasteiger partial charge in [0.2, 0.25) is 0 Å². The van der Waals surface area contributed by atoms with Crippen molar-refractivity contribution in [1.82, 2.24) is 9.78 Å². The second kappa shape index (κ2) is 4.65. The van der Waals surface area contributed by atoms with Crippen molar-refractivity contribution in [3.05, 3.63) is 47.3 Å². The number of benzene rings is 1. The lowest BCUT2D eigenvalue weighted by Gasteiger charge is -2.13. The highest BCUT2D eigenvalue weighted by Gasteiger charge is 2.33. The first-order valence-electron chi connectivity index (χ1n) is 5.20. The van der Waals surface area contributed by atoms with Crippen molar-refractivity contribution in [2.75, 3.05) is 0 Å². The molecule has 0 fully saturated rings. The Morgan fingerprint density at radius 3 is 2.50 bits per heavy atom. The number of halogens is 4. The van der Waals surface area contributed by atoms with E-state index in [0.29, 0.717) is 5.69 Å². The molecule has 2 nitrogen and oxygen atoms in total. The van der Waals surface area contributed by atoms with Crippen LogP contribution in [-0.4, -0.2) is 9.78 Å². The largest absolute Gasteiger partial charge is 0.416 e. The molecule has 0 N–H and O–H groups in total. The smallest absolute Gasteiger partial charge is 0.241 e. The molecule has 0 unspecified atom stereocenters. The molecule has 1 aromatic heterocycles. The Kier molecular flexibility index (Phi) is 3.34. The molecule has 0 atom stereocenters. The zero-order valence-corrected chi connectivity index (χ0v) is 10.3. The molecule has 0 spiro atoms. The van der Waals surface area contributed by atoms with E-state index in [2.05, 4.69) is 5.10 Å². The molecule has 1 heterocycles. The molecule has 0 aliphatic heterocycles. The summed E-state index contributed by atoms with van der Waals surface area (Å²) in [5.74, 6) is -0.173. The van der Waals surface area contributed by atoms with Crippen molar-refractivity contribution >= 4 is 11.6 Å². The fraction of sp³-hybridized carbons (Fsp3) is 0.250. The molecule has 0 saturated heterocycles. The van der Waals surface area contributed by atoms with Gasteiger partial charge in [0, 0.05) is 12.1 Å². The van der Waals surface area contributed by atoms with E-state index in [-0.39, 0.29) is 11.4 Å². The van der Waals surface area contributed by atoms with Gasteiger partial charge in [-0.3, -0.25) is 0 Å². The van der Waals surface area contributed by atoms with Crippen molar-refractivity contribution in [2.45, 2.75) is 19.0 Å². The Hall–Kier alpha value is -1.49. The molecule has 2 rings (SSSR count). The summed E-state index contributed by atoms with van der Waals surface area (Å²) in [5, 5.41) is 4.08. The standard InChI is InChI=1S/C12H10ClF3N2/c1-8-4-5-18(17-8)10-3-2-9(7-13)11(6-10)12(14,15)16/h2-6H,7H2,1H3. The lowest BCUT2D eigenvalue weighted by molar-refractivity contribution is -0.138. The van der Waals surface area contributed by atoms with E-state index in [1.807, 2.05) is 0 Å². The van der Waals surface area contributed by atoms with Crippen molar-refractivity contribution in [3.63, 3.8) is 0 Å². The Morgan fingerprint density at radius 1 is 1.28 bits per heavy atom. The zero-order valence-electron chi connectivity index (χ0n) is 9.50. The molecule has 2 aromatic rings. The molecule has 0 amide bonds. The lowest BCUT2D eigenvalue weighted by atomic mass is 10.1. The topological polar surface area (TPSA) is 17.8 Å². The molecule has 0 saturated carbocycles. The van der Waals surface area contributed by atoms with Crippen molar-refractivity contribution < 1.29 is 13.2 Å². The molecule has 0 aliphatic rings. The van der Waals surface area contributed by atoms with Crippen LogP contribution in [0.15, 0.2) is 30.5 Å². The number of hydrogen-bond donors (Lipinski definition) is 0. The first-order valence-corrected chi connectivity index (χ1v) is 5.74. The predicted molar refractivity (Wildman–Crippen MR) is 62.9 cm³/mol. The molecular formula is C12H10ClF3N2.